The number of hydrogen-bond acceptors (Lipinski definition) is 3. The minimum Gasteiger partial charge on any atom is -0.376 e. The molecular weight excluding hydrogens is 424 g/mol. The van der Waals surface area contributed by atoms with Crippen molar-refractivity contribution in [2.45, 2.75) is 70.9 Å². The van der Waals surface area contributed by atoms with E-state index in [1.165, 1.54) is 12.8 Å². The minimum absolute atomic E-state index is 0.00958. The molecule has 5 nitrogen and oxygen atoms in total. The molecule has 0 spiro atoms. The fourth-order valence-corrected chi connectivity index (χ4v) is 5.26. The van der Waals surface area contributed by atoms with Crippen LogP contribution < -0.4 is 5.32 Å². The summed E-state index contributed by atoms with van der Waals surface area (Å²) in [5, 5.41) is 3.11. The normalized spacial score (nSPS) is 19.2. The van der Waals surface area contributed by atoms with Gasteiger partial charge in [-0.1, -0.05) is 72.5 Å². The van der Waals surface area contributed by atoms with Crippen LogP contribution in [-0.2, 0) is 20.7 Å². The lowest BCUT2D eigenvalue weighted by molar-refractivity contribution is -0.141. The lowest BCUT2D eigenvalue weighted by atomic mass is 9.98. The van der Waals surface area contributed by atoms with Gasteiger partial charge in [0.25, 0.3) is 0 Å². The topological polar surface area (TPSA) is 58.6 Å². The van der Waals surface area contributed by atoms with Crippen molar-refractivity contribution in [3.8, 4) is 0 Å². The molecular formula is C29H38N2O3. The highest BCUT2D eigenvalue weighted by molar-refractivity contribution is 5.89. The molecule has 2 aliphatic rings. The Morgan fingerprint density at radius 3 is 2.44 bits per heavy atom. The summed E-state index contributed by atoms with van der Waals surface area (Å²) in [6.07, 6.45) is 7.00. The second-order valence-corrected chi connectivity index (χ2v) is 10.1. The summed E-state index contributed by atoms with van der Waals surface area (Å²) in [6, 6.07) is 15.5. The highest BCUT2D eigenvalue weighted by atomic mass is 16.5. The first-order valence-corrected chi connectivity index (χ1v) is 12.8. The minimum atomic E-state index is -0.639. The van der Waals surface area contributed by atoms with Gasteiger partial charge in [0.05, 0.1) is 12.5 Å². The molecule has 2 aromatic carbocycles. The molecule has 1 aliphatic carbocycles. The molecule has 4 rings (SSSR count). The third-order valence-corrected chi connectivity index (χ3v) is 7.17. The molecule has 1 saturated carbocycles. The Balaban J connectivity index is 1.61. The third kappa shape index (κ3) is 6.47. The number of aryl methyl sites for hydroxylation is 2. The smallest absolute Gasteiger partial charge is 0.247 e. The van der Waals surface area contributed by atoms with Gasteiger partial charge in [-0.15, -0.1) is 0 Å². The molecule has 1 N–H and O–H groups in total. The number of hydrogen-bond donors (Lipinski definition) is 1. The number of nitrogens with one attached hydrogen (secondary N) is 1. The van der Waals surface area contributed by atoms with Gasteiger partial charge in [-0.25, -0.2) is 0 Å². The molecule has 0 bridgehead atoms. The first-order valence-electron chi connectivity index (χ1n) is 12.8. The fourth-order valence-electron chi connectivity index (χ4n) is 5.26. The van der Waals surface area contributed by atoms with E-state index in [9.17, 15) is 9.59 Å². The summed E-state index contributed by atoms with van der Waals surface area (Å²) in [4.78, 5) is 29.3. The Morgan fingerprint density at radius 1 is 1.00 bits per heavy atom. The maximum absolute atomic E-state index is 13.8. The predicted molar refractivity (Wildman–Crippen MR) is 134 cm³/mol. The van der Waals surface area contributed by atoms with Crippen LogP contribution in [0.3, 0.4) is 0 Å². The first kappa shape index (κ1) is 24.5. The highest BCUT2D eigenvalue weighted by Gasteiger charge is 2.34. The van der Waals surface area contributed by atoms with E-state index in [1.807, 2.05) is 61.2 Å². The predicted octanol–water partition coefficient (Wildman–Crippen LogP) is 4.90. The average molecular weight is 463 g/mol. The van der Waals surface area contributed by atoms with E-state index in [1.54, 1.807) is 0 Å². The van der Waals surface area contributed by atoms with Crippen molar-refractivity contribution in [1.29, 1.82) is 0 Å². The number of amides is 2. The van der Waals surface area contributed by atoms with Gasteiger partial charge in [0.15, 0.2) is 0 Å². The number of ether oxygens (including phenoxy) is 1. The van der Waals surface area contributed by atoms with Crippen LogP contribution >= 0.6 is 0 Å². The van der Waals surface area contributed by atoms with Gasteiger partial charge in [0.1, 0.15) is 6.04 Å². The molecule has 2 fully saturated rings. The largest absolute Gasteiger partial charge is 0.376 e. The van der Waals surface area contributed by atoms with Crippen LogP contribution in [-0.4, -0.2) is 42.5 Å². The van der Waals surface area contributed by atoms with Crippen LogP contribution in [0.25, 0.3) is 0 Å². The van der Waals surface area contributed by atoms with Crippen molar-refractivity contribution in [3.05, 3.63) is 70.8 Å². The lowest BCUT2D eigenvalue weighted by Gasteiger charge is -2.34. The van der Waals surface area contributed by atoms with Crippen molar-refractivity contribution < 1.29 is 14.3 Å². The van der Waals surface area contributed by atoms with E-state index in [-0.39, 0.29) is 17.9 Å². The summed E-state index contributed by atoms with van der Waals surface area (Å²) < 4.78 is 5.72. The van der Waals surface area contributed by atoms with Crippen LogP contribution in [0.1, 0.15) is 66.8 Å². The SMILES string of the molecule is Cc1ccc(C(C(=O)NCC2CCCO2)N(CC2CCCC2)C(=O)Cc2cccc(C)c2)cc1. The maximum atomic E-state index is 13.8. The first-order chi connectivity index (χ1) is 16.5. The van der Waals surface area contributed by atoms with Crippen molar-refractivity contribution in [1.82, 2.24) is 10.2 Å². The molecule has 2 unspecified atom stereocenters. The van der Waals surface area contributed by atoms with E-state index in [0.717, 1.165) is 54.5 Å². The second kappa shape index (κ2) is 11.7. The monoisotopic (exact) mass is 462 g/mol. The third-order valence-electron chi connectivity index (χ3n) is 7.17. The van der Waals surface area contributed by atoms with Crippen LogP contribution in [0.4, 0.5) is 0 Å². The Kier molecular flexibility index (Phi) is 8.39. The van der Waals surface area contributed by atoms with E-state index >= 15 is 0 Å². The lowest BCUT2D eigenvalue weighted by Crippen LogP contribution is -2.47. The molecule has 2 atom stereocenters. The number of nitrogens with zero attached hydrogens (tertiary/aromatic N) is 1. The van der Waals surface area contributed by atoms with Crippen LogP contribution in [0.5, 0.6) is 0 Å². The maximum Gasteiger partial charge on any atom is 0.247 e. The summed E-state index contributed by atoms with van der Waals surface area (Å²) in [6.45, 7) is 5.94. The van der Waals surface area contributed by atoms with Crippen molar-refractivity contribution in [2.75, 3.05) is 19.7 Å². The van der Waals surface area contributed by atoms with Crippen molar-refractivity contribution in [2.24, 2.45) is 5.92 Å². The Bertz CT molecular complexity index is 960. The molecule has 2 aromatic rings. The van der Waals surface area contributed by atoms with Gasteiger partial charge in [0.2, 0.25) is 11.8 Å². The summed E-state index contributed by atoms with van der Waals surface area (Å²) in [5.74, 6) is 0.339. The van der Waals surface area contributed by atoms with Crippen molar-refractivity contribution >= 4 is 11.8 Å². The molecule has 1 aliphatic heterocycles. The van der Waals surface area contributed by atoms with Crippen molar-refractivity contribution in [3.63, 3.8) is 0 Å². The fraction of sp³-hybridized carbons (Fsp3) is 0.517. The Labute approximate surface area is 203 Å². The molecule has 1 saturated heterocycles. The van der Waals surface area contributed by atoms with E-state index < -0.39 is 6.04 Å². The Morgan fingerprint density at radius 2 is 1.76 bits per heavy atom. The zero-order valence-electron chi connectivity index (χ0n) is 20.6. The van der Waals surface area contributed by atoms with Gasteiger partial charge in [-0.2, -0.15) is 0 Å². The number of carbonyl (C=O) groups is 2. The van der Waals surface area contributed by atoms with Gasteiger partial charge in [0, 0.05) is 19.7 Å². The molecule has 34 heavy (non-hydrogen) atoms. The van der Waals surface area contributed by atoms with Gasteiger partial charge in [-0.05, 0) is 56.6 Å². The summed E-state index contributed by atoms with van der Waals surface area (Å²) >= 11 is 0. The van der Waals surface area contributed by atoms with Crippen LogP contribution in [0.2, 0.25) is 0 Å². The standard InChI is InChI=1S/C29H38N2O3/c1-21-12-14-25(15-13-21)28(29(33)30-19-26-11-6-16-34-26)31(20-23-8-3-4-9-23)27(32)18-24-10-5-7-22(2)17-24/h5,7,10,12-15,17,23,26,28H,3-4,6,8-9,11,16,18-20H2,1-2H3,(H,30,33). The Hall–Kier alpha value is -2.66. The van der Waals surface area contributed by atoms with E-state index in [4.69, 9.17) is 4.74 Å². The molecule has 5 heteroatoms. The van der Waals surface area contributed by atoms with Gasteiger partial charge >= 0.3 is 0 Å². The number of benzene rings is 2. The average Bonchev–Trinajstić information content (AvgIpc) is 3.53. The molecule has 0 aromatic heterocycles. The number of rotatable bonds is 9. The molecule has 182 valence electrons. The second-order valence-electron chi connectivity index (χ2n) is 10.1. The van der Waals surface area contributed by atoms with Gasteiger partial charge in [-0.3, -0.25) is 9.59 Å². The zero-order chi connectivity index (χ0) is 23.9. The summed E-state index contributed by atoms with van der Waals surface area (Å²) in [5.41, 5.74) is 4.13. The van der Waals surface area contributed by atoms with E-state index in [2.05, 4.69) is 11.4 Å². The number of carbonyl (C=O) groups excluding carboxylic acids is 2. The molecule has 2 amide bonds. The quantitative estimate of drug-likeness (QED) is 0.577. The van der Waals surface area contributed by atoms with E-state index in [0.29, 0.717) is 25.4 Å². The van der Waals surface area contributed by atoms with Crippen LogP contribution in [0, 0.1) is 19.8 Å². The van der Waals surface area contributed by atoms with Gasteiger partial charge < -0.3 is 15.0 Å². The molecule has 0 radical (unpaired) electrons. The van der Waals surface area contributed by atoms with Crippen LogP contribution in [0.15, 0.2) is 48.5 Å². The zero-order valence-corrected chi connectivity index (χ0v) is 20.6. The highest BCUT2D eigenvalue weighted by Crippen LogP contribution is 2.30. The summed E-state index contributed by atoms with van der Waals surface area (Å²) in [7, 11) is 0. The molecule has 1 heterocycles.